The first-order valence-electron chi connectivity index (χ1n) is 27.3. The minimum absolute atomic E-state index is 0.0131. The molecule has 0 fully saturated rings. The van der Waals surface area contributed by atoms with Gasteiger partial charge < -0.3 is 14.2 Å². The summed E-state index contributed by atoms with van der Waals surface area (Å²) < 4.78 is 52.9. The number of furan rings is 1. The Balaban J connectivity index is 1.31. The van der Waals surface area contributed by atoms with Crippen LogP contribution < -0.4 is 26.4 Å². The molecule has 0 N–H and O–H groups in total. The van der Waals surface area contributed by atoms with Gasteiger partial charge in [-0.2, -0.15) is 0 Å². The number of hydrogen-bond donors (Lipinski definition) is 0. The average Bonchev–Trinajstić information content (AvgIpc) is 3.68. The van der Waals surface area contributed by atoms with Crippen molar-refractivity contribution in [1.29, 1.82) is 0 Å². The normalized spacial score (nSPS) is 19.6. The topological polar surface area (TPSA) is 19.6 Å². The molecule has 4 aliphatic rings. The number of anilines is 6. The zero-order valence-corrected chi connectivity index (χ0v) is 42.7. The smallest absolute Gasteiger partial charge is 0.297 e. The van der Waals surface area contributed by atoms with Gasteiger partial charge in [0.1, 0.15) is 5.58 Å². The van der Waals surface area contributed by atoms with Crippen molar-refractivity contribution in [3.8, 4) is 11.1 Å². The lowest BCUT2D eigenvalue weighted by atomic mass is 9.35. The van der Waals surface area contributed by atoms with Gasteiger partial charge >= 0.3 is 0 Å². The Morgan fingerprint density at radius 2 is 1.10 bits per heavy atom. The van der Waals surface area contributed by atoms with Gasteiger partial charge in [-0.25, -0.2) is 0 Å². The summed E-state index contributed by atoms with van der Waals surface area (Å²) in [6.07, 6.45) is 4.43. The average molecular weight is 888 g/mol. The fourth-order valence-electron chi connectivity index (χ4n) is 12.2. The summed E-state index contributed by atoms with van der Waals surface area (Å²) in [7, 11) is 0. The quantitative estimate of drug-likeness (QED) is 0.165. The monoisotopic (exact) mass is 888 g/mol. The van der Waals surface area contributed by atoms with E-state index in [0.29, 0.717) is 5.56 Å². The van der Waals surface area contributed by atoms with E-state index in [4.69, 9.17) is 8.53 Å². The molecule has 0 amide bonds. The molecule has 1 aromatic heterocycles. The maximum Gasteiger partial charge on any atom is 0.297 e. The Bertz CT molecular complexity index is 3460. The molecule has 2 aliphatic carbocycles. The van der Waals surface area contributed by atoms with Gasteiger partial charge in [0.25, 0.3) is 6.71 Å². The SMILES string of the molecule is [2H]c1c([2H])c([2H])c(-c2cc(C(C)(C)C)ccc2N2c3cc(C)cc4c3B(c3cc5c(cc3N4c3ccc4c(c3)C(C)(C)CCC4(C)C)C(C)(C)CCC5(C)C)c3oc4ccc(C(C)(C)C)cc4c32)c([2H])c1[2H]. The molecular weight excluding hydrogens is 812 g/mol. The van der Waals surface area contributed by atoms with E-state index in [0.717, 1.165) is 87.3 Å². The molecular formula is C63H71BN2O. The van der Waals surface area contributed by atoms with Crippen LogP contribution in [0.15, 0.2) is 113 Å². The standard InChI is InChI=1S/C63H71BN2O/c1-38-31-52-55-53(32-38)66(50-25-21-40(58(2,3)4)33-43(50)39-19-17-16-18-20-39)56-44-34-41(59(5,6)7)22-26-54(44)67-57(56)64(55)49-36-47-48(63(14,15)30-29-62(47,12)13)37-51(49)65(52)42-23-24-45-46(35-42)61(10,11)28-27-60(45,8)9/h16-26,31-37H,27-30H2,1-15H3/i16D,17D,18D,19D,20D. The van der Waals surface area contributed by atoms with Crippen LogP contribution in [0.3, 0.4) is 0 Å². The maximum atomic E-state index is 9.48. The van der Waals surface area contributed by atoms with Crippen molar-refractivity contribution in [2.45, 2.75) is 162 Å². The molecule has 6 aromatic carbocycles. The Morgan fingerprint density at radius 3 is 1.73 bits per heavy atom. The number of nitrogens with zero attached hydrogens (tertiary/aromatic N) is 2. The van der Waals surface area contributed by atoms with Crippen molar-refractivity contribution in [3.63, 3.8) is 0 Å². The Morgan fingerprint density at radius 1 is 0.552 bits per heavy atom. The van der Waals surface area contributed by atoms with Crippen LogP contribution in [0.5, 0.6) is 0 Å². The van der Waals surface area contributed by atoms with Crippen molar-refractivity contribution >= 4 is 68.4 Å². The summed E-state index contributed by atoms with van der Waals surface area (Å²) in [5, 5.41) is 0.973. The fourth-order valence-corrected chi connectivity index (χ4v) is 12.2. The third kappa shape index (κ3) is 6.73. The van der Waals surface area contributed by atoms with Crippen LogP contribution in [0.25, 0.3) is 22.1 Å². The summed E-state index contributed by atoms with van der Waals surface area (Å²) >= 11 is 0. The maximum absolute atomic E-state index is 9.48. The molecule has 67 heavy (non-hydrogen) atoms. The molecule has 0 saturated carbocycles. The van der Waals surface area contributed by atoms with Gasteiger partial charge in [-0.3, -0.25) is 0 Å². The number of benzene rings is 6. The first kappa shape index (κ1) is 38.5. The lowest BCUT2D eigenvalue weighted by Crippen LogP contribution is -2.61. The lowest BCUT2D eigenvalue weighted by Gasteiger charge is -2.47. The Kier molecular flexibility index (Phi) is 8.21. The molecule has 4 heteroatoms. The van der Waals surface area contributed by atoms with E-state index in [1.807, 2.05) is 0 Å². The lowest BCUT2D eigenvalue weighted by molar-refractivity contribution is 0.332. The highest BCUT2D eigenvalue weighted by molar-refractivity contribution is 7.00. The number of rotatable bonds is 3. The van der Waals surface area contributed by atoms with E-state index in [1.54, 1.807) is 0 Å². The molecule has 342 valence electrons. The molecule has 0 spiro atoms. The van der Waals surface area contributed by atoms with E-state index in [9.17, 15) is 2.74 Å². The van der Waals surface area contributed by atoms with Crippen LogP contribution in [-0.2, 0) is 32.5 Å². The third-order valence-electron chi connectivity index (χ3n) is 16.6. The summed E-state index contributed by atoms with van der Waals surface area (Å²) in [6, 6.07) is 28.4. The van der Waals surface area contributed by atoms with E-state index in [1.165, 1.54) is 39.0 Å². The number of fused-ring (bicyclic) bond motifs is 8. The van der Waals surface area contributed by atoms with Crippen LogP contribution in [-0.4, -0.2) is 6.71 Å². The second-order valence-electron chi connectivity index (χ2n) is 25.3. The minimum Gasteiger partial charge on any atom is -0.468 e. The first-order chi connectivity index (χ1) is 33.4. The van der Waals surface area contributed by atoms with Crippen molar-refractivity contribution in [1.82, 2.24) is 0 Å². The zero-order valence-electron chi connectivity index (χ0n) is 47.7. The third-order valence-corrected chi connectivity index (χ3v) is 16.6. The highest BCUT2D eigenvalue weighted by Gasteiger charge is 2.50. The van der Waals surface area contributed by atoms with Gasteiger partial charge in [0.05, 0.1) is 23.9 Å². The predicted octanol–water partition coefficient (Wildman–Crippen LogP) is 15.8. The van der Waals surface area contributed by atoms with Crippen molar-refractivity contribution in [2.24, 2.45) is 0 Å². The Labute approximate surface area is 409 Å². The molecule has 3 heterocycles. The van der Waals surface area contributed by atoms with Crippen LogP contribution >= 0.6 is 0 Å². The second kappa shape index (κ2) is 14.3. The van der Waals surface area contributed by atoms with Gasteiger partial charge in [0.15, 0.2) is 0 Å². The van der Waals surface area contributed by atoms with Crippen LogP contribution in [0.1, 0.15) is 168 Å². The van der Waals surface area contributed by atoms with Gasteiger partial charge in [-0.15, -0.1) is 0 Å². The van der Waals surface area contributed by atoms with Gasteiger partial charge in [0.2, 0.25) is 0 Å². The minimum atomic E-state index is -0.407. The molecule has 0 atom stereocenters. The van der Waals surface area contributed by atoms with Crippen molar-refractivity contribution in [2.75, 3.05) is 9.80 Å². The molecule has 0 saturated heterocycles. The summed E-state index contributed by atoms with van der Waals surface area (Å²) in [5.74, 6) is 0. The summed E-state index contributed by atoms with van der Waals surface area (Å²) in [4.78, 5) is 4.88. The summed E-state index contributed by atoms with van der Waals surface area (Å²) in [6.45, 7) is 34.3. The number of hydrogen-bond acceptors (Lipinski definition) is 3. The fraction of sp³-hybridized carbons (Fsp3) is 0.397. The van der Waals surface area contributed by atoms with Crippen molar-refractivity contribution in [3.05, 3.63) is 148 Å². The Hall–Kier alpha value is -5.48. The van der Waals surface area contributed by atoms with E-state index >= 15 is 0 Å². The molecule has 2 aliphatic heterocycles. The van der Waals surface area contributed by atoms with Crippen LogP contribution in [0.4, 0.5) is 34.1 Å². The number of aryl methyl sites for hydroxylation is 1. The molecule has 0 radical (unpaired) electrons. The first-order valence-corrected chi connectivity index (χ1v) is 24.8. The highest BCUT2D eigenvalue weighted by Crippen LogP contribution is 2.54. The van der Waals surface area contributed by atoms with Gasteiger partial charge in [-0.1, -0.05) is 151 Å². The van der Waals surface area contributed by atoms with Crippen LogP contribution in [0, 0.1) is 6.92 Å². The molecule has 0 unspecified atom stereocenters. The molecule has 3 nitrogen and oxygen atoms in total. The molecule has 0 bridgehead atoms. The van der Waals surface area contributed by atoms with Crippen molar-refractivity contribution < 1.29 is 11.3 Å². The highest BCUT2D eigenvalue weighted by atomic mass is 16.3. The van der Waals surface area contributed by atoms with E-state index in [-0.39, 0.29) is 68.9 Å². The predicted molar refractivity (Wildman–Crippen MR) is 288 cm³/mol. The van der Waals surface area contributed by atoms with Gasteiger partial charge in [0, 0.05) is 33.7 Å². The van der Waals surface area contributed by atoms with E-state index < -0.39 is 6.04 Å². The van der Waals surface area contributed by atoms with Crippen LogP contribution in [0.2, 0.25) is 0 Å². The van der Waals surface area contributed by atoms with E-state index in [2.05, 4.69) is 193 Å². The van der Waals surface area contributed by atoms with Gasteiger partial charge in [-0.05, 0) is 175 Å². The summed E-state index contributed by atoms with van der Waals surface area (Å²) in [5.41, 5.74) is 19.0. The second-order valence-corrected chi connectivity index (χ2v) is 25.3. The molecule has 11 rings (SSSR count). The zero-order chi connectivity index (χ0) is 51.9. The molecule has 7 aromatic rings. The largest absolute Gasteiger partial charge is 0.468 e.